The maximum atomic E-state index is 11.4. The zero-order valence-corrected chi connectivity index (χ0v) is 16.8. The van der Waals surface area contributed by atoms with Crippen LogP contribution in [0.3, 0.4) is 0 Å². The lowest BCUT2D eigenvalue weighted by atomic mass is 9.93. The van der Waals surface area contributed by atoms with Crippen LogP contribution in [0.2, 0.25) is 0 Å². The third kappa shape index (κ3) is 3.52. The van der Waals surface area contributed by atoms with Gasteiger partial charge in [-0.2, -0.15) is 0 Å². The number of likely N-dealkylation sites (tertiary alicyclic amines) is 1. The quantitative estimate of drug-likeness (QED) is 0.501. The minimum absolute atomic E-state index is 0.139. The second-order valence-corrected chi connectivity index (χ2v) is 8.84. The summed E-state index contributed by atoms with van der Waals surface area (Å²) in [5.74, 6) is -0.891. The number of aliphatic carboxylic acids is 1. The minimum atomic E-state index is -0.665. The highest BCUT2D eigenvalue weighted by atomic mass is 32.1. The largest absolute Gasteiger partial charge is 0.481 e. The summed E-state index contributed by atoms with van der Waals surface area (Å²) in [5.41, 5.74) is 1.25. The van der Waals surface area contributed by atoms with Gasteiger partial charge < -0.3 is 5.11 Å². The monoisotopic (exact) mass is 402 g/mol. The van der Waals surface area contributed by atoms with Gasteiger partial charge in [-0.1, -0.05) is 30.3 Å². The molecule has 4 aromatic rings. The number of piperidine rings is 1. The van der Waals surface area contributed by atoms with Gasteiger partial charge in [0.05, 0.1) is 12.0 Å². The van der Waals surface area contributed by atoms with Gasteiger partial charge in [0.2, 0.25) is 0 Å². The van der Waals surface area contributed by atoms with E-state index >= 15 is 0 Å². The van der Waals surface area contributed by atoms with E-state index in [-0.39, 0.29) is 12.0 Å². The summed E-state index contributed by atoms with van der Waals surface area (Å²) in [7, 11) is 0. The number of hydrogen-bond donors (Lipinski definition) is 1. The number of carbonyl (C=O) groups is 1. The molecule has 1 fully saturated rings. The van der Waals surface area contributed by atoms with Crippen LogP contribution in [0.4, 0.5) is 0 Å². The Morgan fingerprint density at radius 1 is 1.03 bits per heavy atom. The Labute approximate surface area is 173 Å². The third-order valence-electron chi connectivity index (χ3n) is 5.94. The van der Waals surface area contributed by atoms with Crippen molar-refractivity contribution in [1.29, 1.82) is 0 Å². The maximum Gasteiger partial charge on any atom is 0.306 e. The number of benzene rings is 2. The molecule has 5 rings (SSSR count). The molecule has 0 amide bonds. The average molecular weight is 403 g/mol. The topological polar surface area (TPSA) is 53.4 Å². The fourth-order valence-electron chi connectivity index (χ4n) is 4.37. The van der Waals surface area contributed by atoms with Crippen molar-refractivity contribution in [3.05, 3.63) is 77.4 Å². The molecule has 1 N–H and O–H groups in total. The van der Waals surface area contributed by atoms with Crippen LogP contribution >= 0.6 is 11.3 Å². The van der Waals surface area contributed by atoms with Crippen molar-refractivity contribution >= 4 is 38.2 Å². The molecule has 1 aliphatic heterocycles. The van der Waals surface area contributed by atoms with Gasteiger partial charge in [0.15, 0.2) is 0 Å². The van der Waals surface area contributed by atoms with Gasteiger partial charge in [-0.15, -0.1) is 11.3 Å². The highest BCUT2D eigenvalue weighted by Gasteiger charge is 2.31. The summed E-state index contributed by atoms with van der Waals surface area (Å²) < 4.78 is 1.29. The summed E-state index contributed by atoms with van der Waals surface area (Å²) in [6, 6.07) is 19.6. The first-order valence-electron chi connectivity index (χ1n) is 9.98. The number of hydrogen-bond acceptors (Lipinski definition) is 4. The normalized spacial score (nSPS) is 17.0. The highest BCUT2D eigenvalue weighted by molar-refractivity contribution is 7.19. The number of aromatic nitrogens is 1. The molecule has 0 radical (unpaired) electrons. The third-order valence-corrected chi connectivity index (χ3v) is 7.11. The second kappa shape index (κ2) is 7.58. The molecular formula is C24H22N2O2S. The number of rotatable bonds is 4. The van der Waals surface area contributed by atoms with Crippen molar-refractivity contribution in [3.63, 3.8) is 0 Å². The van der Waals surface area contributed by atoms with Crippen LogP contribution in [0.25, 0.3) is 20.9 Å². The first-order chi connectivity index (χ1) is 14.2. The Kier molecular flexibility index (Phi) is 4.78. The molecule has 1 atom stereocenters. The minimum Gasteiger partial charge on any atom is -0.481 e. The number of carboxylic acid groups (broad SMARTS) is 1. The summed E-state index contributed by atoms with van der Waals surface area (Å²) in [4.78, 5) is 19.4. The van der Waals surface area contributed by atoms with E-state index in [2.05, 4.69) is 64.5 Å². The van der Waals surface area contributed by atoms with E-state index in [1.54, 1.807) is 0 Å². The molecule has 5 heteroatoms. The molecular weight excluding hydrogens is 380 g/mol. The standard InChI is InChI=1S/C24H22N2O2S/c27-24(28)16-8-11-26(12-9-16)23(22-14-18-3-1-2-4-21(18)29-22)19-5-6-20-15-25-10-7-17(20)13-19/h1-7,10,13-16,23H,8-9,11-12H2,(H,27,28). The van der Waals surface area contributed by atoms with E-state index in [1.165, 1.54) is 25.9 Å². The van der Waals surface area contributed by atoms with E-state index in [0.29, 0.717) is 12.8 Å². The Balaban J connectivity index is 1.57. The predicted octanol–water partition coefficient (Wildman–Crippen LogP) is 5.34. The Morgan fingerprint density at radius 2 is 1.86 bits per heavy atom. The Bertz CT molecular complexity index is 1140. The lowest BCUT2D eigenvalue weighted by Crippen LogP contribution is -2.39. The molecule has 2 aromatic heterocycles. The SMILES string of the molecule is O=C(O)C1CCN(C(c2ccc3cnccc3c2)c2cc3ccccc3s2)CC1. The molecule has 2 aromatic carbocycles. The summed E-state index contributed by atoms with van der Waals surface area (Å²) in [6.45, 7) is 1.59. The van der Waals surface area contributed by atoms with Gasteiger partial charge in [-0.3, -0.25) is 14.7 Å². The molecule has 0 spiro atoms. The van der Waals surface area contributed by atoms with Crippen molar-refractivity contribution in [3.8, 4) is 0 Å². The zero-order valence-electron chi connectivity index (χ0n) is 16.0. The molecule has 1 aliphatic rings. The van der Waals surface area contributed by atoms with Crippen LogP contribution in [0.1, 0.15) is 29.3 Å². The highest BCUT2D eigenvalue weighted by Crippen LogP contribution is 2.39. The van der Waals surface area contributed by atoms with E-state index in [9.17, 15) is 9.90 Å². The number of nitrogens with zero attached hydrogens (tertiary/aromatic N) is 2. The predicted molar refractivity (Wildman–Crippen MR) is 117 cm³/mol. The van der Waals surface area contributed by atoms with E-state index < -0.39 is 5.97 Å². The number of pyridine rings is 1. The lowest BCUT2D eigenvalue weighted by molar-refractivity contribution is -0.143. The molecule has 1 saturated heterocycles. The van der Waals surface area contributed by atoms with Crippen LogP contribution in [0, 0.1) is 5.92 Å². The fraction of sp³-hybridized carbons (Fsp3) is 0.250. The molecule has 0 aliphatic carbocycles. The van der Waals surface area contributed by atoms with Crippen LogP contribution in [0.5, 0.6) is 0 Å². The maximum absolute atomic E-state index is 11.4. The first kappa shape index (κ1) is 18.3. The molecule has 0 bridgehead atoms. The van der Waals surface area contributed by atoms with Gasteiger partial charge in [0.25, 0.3) is 0 Å². The van der Waals surface area contributed by atoms with Crippen LogP contribution in [-0.4, -0.2) is 34.0 Å². The van der Waals surface area contributed by atoms with E-state index in [0.717, 1.165) is 18.5 Å². The number of fused-ring (bicyclic) bond motifs is 2. The molecule has 29 heavy (non-hydrogen) atoms. The van der Waals surface area contributed by atoms with Crippen molar-refractivity contribution in [2.24, 2.45) is 5.92 Å². The lowest BCUT2D eigenvalue weighted by Gasteiger charge is -2.36. The molecule has 146 valence electrons. The van der Waals surface area contributed by atoms with E-state index in [4.69, 9.17) is 0 Å². The van der Waals surface area contributed by atoms with Crippen molar-refractivity contribution < 1.29 is 9.90 Å². The Morgan fingerprint density at radius 3 is 2.66 bits per heavy atom. The van der Waals surface area contributed by atoms with Gasteiger partial charge in [-0.25, -0.2) is 0 Å². The average Bonchev–Trinajstić information content (AvgIpc) is 3.18. The van der Waals surface area contributed by atoms with Gasteiger partial charge >= 0.3 is 5.97 Å². The van der Waals surface area contributed by atoms with Crippen LogP contribution in [-0.2, 0) is 4.79 Å². The van der Waals surface area contributed by atoms with Gasteiger partial charge in [0.1, 0.15) is 0 Å². The van der Waals surface area contributed by atoms with Gasteiger partial charge in [-0.05, 0) is 66.5 Å². The first-order valence-corrected chi connectivity index (χ1v) is 10.8. The van der Waals surface area contributed by atoms with E-state index in [1.807, 2.05) is 23.7 Å². The molecule has 4 nitrogen and oxygen atoms in total. The Hall–Kier alpha value is -2.76. The van der Waals surface area contributed by atoms with Crippen LogP contribution in [0.15, 0.2) is 67.0 Å². The fourth-order valence-corrected chi connectivity index (χ4v) is 5.60. The molecule has 0 saturated carbocycles. The van der Waals surface area contributed by atoms with Gasteiger partial charge in [0, 0.05) is 27.4 Å². The second-order valence-electron chi connectivity index (χ2n) is 7.72. The summed E-state index contributed by atoms with van der Waals surface area (Å²) >= 11 is 1.84. The number of thiophene rings is 1. The summed E-state index contributed by atoms with van der Waals surface area (Å²) in [5, 5.41) is 13.0. The summed E-state index contributed by atoms with van der Waals surface area (Å²) in [6.07, 6.45) is 5.13. The van der Waals surface area contributed by atoms with Crippen LogP contribution < -0.4 is 0 Å². The number of carboxylic acids is 1. The smallest absolute Gasteiger partial charge is 0.306 e. The van der Waals surface area contributed by atoms with Crippen molar-refractivity contribution in [2.75, 3.05) is 13.1 Å². The van der Waals surface area contributed by atoms with Crippen molar-refractivity contribution in [1.82, 2.24) is 9.88 Å². The van der Waals surface area contributed by atoms with Crippen molar-refractivity contribution in [2.45, 2.75) is 18.9 Å². The zero-order chi connectivity index (χ0) is 19.8. The molecule has 1 unspecified atom stereocenters. The molecule has 3 heterocycles.